The zero-order chi connectivity index (χ0) is 17.0. The number of carbonyl (C=O) groups is 1. The Morgan fingerprint density at radius 3 is 2.65 bits per heavy atom. The van der Waals surface area contributed by atoms with Crippen LogP contribution in [0.5, 0.6) is 5.75 Å². The third-order valence-electron chi connectivity index (χ3n) is 3.95. The second-order valence-corrected chi connectivity index (χ2v) is 5.81. The molecule has 1 amide bonds. The van der Waals surface area contributed by atoms with Gasteiger partial charge in [-0.1, -0.05) is 12.5 Å². The van der Waals surface area contributed by atoms with Crippen LogP contribution in [0, 0.1) is 17.1 Å². The Labute approximate surface area is 134 Å². The van der Waals surface area contributed by atoms with Crippen LogP contribution in [0.3, 0.4) is 0 Å². The fraction of sp³-hybridized carbons (Fsp3) is 0.375. The van der Waals surface area contributed by atoms with Crippen LogP contribution in [0.4, 0.5) is 4.39 Å². The van der Waals surface area contributed by atoms with Gasteiger partial charge in [-0.25, -0.2) is 4.39 Å². The van der Waals surface area contributed by atoms with Gasteiger partial charge in [0.2, 0.25) is 0 Å². The Hall–Kier alpha value is -2.57. The fourth-order valence-corrected chi connectivity index (χ4v) is 2.49. The number of nitrogens with one attached hydrogen (secondary N) is 1. The summed E-state index contributed by atoms with van der Waals surface area (Å²) < 4.78 is 13.9. The molecule has 0 bridgehead atoms. The van der Waals surface area contributed by atoms with Crippen LogP contribution >= 0.6 is 0 Å². The van der Waals surface area contributed by atoms with Gasteiger partial charge in [0.25, 0.3) is 5.91 Å². The summed E-state index contributed by atoms with van der Waals surface area (Å²) in [6, 6.07) is 3.83. The van der Waals surface area contributed by atoms with Crippen molar-refractivity contribution in [3.63, 3.8) is 0 Å². The average molecular weight is 320 g/mol. The van der Waals surface area contributed by atoms with E-state index >= 15 is 0 Å². The first-order valence-electron chi connectivity index (χ1n) is 7.44. The highest BCUT2D eigenvalue weighted by Gasteiger charge is 2.25. The summed E-state index contributed by atoms with van der Waals surface area (Å²) in [4.78, 5) is 13.9. The Bertz CT molecular complexity index is 641. The molecule has 1 saturated carbocycles. The first-order valence-corrected chi connectivity index (χ1v) is 7.44. The summed E-state index contributed by atoms with van der Waals surface area (Å²) in [6.45, 7) is 0.527. The highest BCUT2D eigenvalue weighted by Crippen LogP contribution is 2.28. The number of aromatic hydroxyl groups is 1. The molecule has 1 aliphatic carbocycles. The van der Waals surface area contributed by atoms with Gasteiger partial charge < -0.3 is 21.5 Å². The minimum atomic E-state index is -0.578. The fourth-order valence-electron chi connectivity index (χ4n) is 2.49. The van der Waals surface area contributed by atoms with Crippen LogP contribution in [0.15, 0.2) is 30.0 Å². The maximum absolute atomic E-state index is 13.9. The van der Waals surface area contributed by atoms with Gasteiger partial charge in [0, 0.05) is 30.8 Å². The van der Waals surface area contributed by atoms with Crippen LogP contribution in [0.2, 0.25) is 0 Å². The van der Waals surface area contributed by atoms with Crippen molar-refractivity contribution in [2.75, 3.05) is 6.54 Å². The third kappa shape index (κ3) is 4.45. The van der Waals surface area contributed by atoms with Gasteiger partial charge in [-0.2, -0.15) is 0 Å². The Kier molecular flexibility index (Phi) is 5.20. The minimum Gasteiger partial charge on any atom is -0.508 e. The normalized spacial score (nSPS) is 15.1. The van der Waals surface area contributed by atoms with E-state index in [0.717, 1.165) is 31.4 Å². The highest BCUT2D eigenvalue weighted by molar-refractivity contribution is 6.00. The summed E-state index contributed by atoms with van der Waals surface area (Å²) >= 11 is 0. The Morgan fingerprint density at radius 1 is 1.43 bits per heavy atom. The van der Waals surface area contributed by atoms with E-state index in [1.54, 1.807) is 0 Å². The van der Waals surface area contributed by atoms with Gasteiger partial charge in [-0.05, 0) is 24.8 Å². The molecule has 1 aromatic carbocycles. The molecule has 0 radical (unpaired) electrons. The third-order valence-corrected chi connectivity index (χ3v) is 3.95. The summed E-state index contributed by atoms with van der Waals surface area (Å²) in [7, 11) is 0. The predicted molar refractivity (Wildman–Crippen MR) is 85.0 cm³/mol. The SMILES string of the molecule is N=C(N)/C=C(\N)C(=O)N(Cc1ccc(O)cc1F)CC1CCC1. The molecule has 7 heteroatoms. The van der Waals surface area contributed by atoms with E-state index in [2.05, 4.69) is 0 Å². The molecule has 0 aromatic heterocycles. The molecule has 2 rings (SSSR count). The van der Waals surface area contributed by atoms with Crippen molar-refractivity contribution >= 4 is 11.7 Å². The van der Waals surface area contributed by atoms with Gasteiger partial charge in [-0.15, -0.1) is 0 Å². The number of amides is 1. The Balaban J connectivity index is 2.19. The van der Waals surface area contributed by atoms with Crippen LogP contribution in [-0.4, -0.2) is 28.3 Å². The maximum Gasteiger partial charge on any atom is 0.270 e. The second kappa shape index (κ2) is 7.13. The molecular weight excluding hydrogens is 299 g/mol. The van der Waals surface area contributed by atoms with E-state index in [4.69, 9.17) is 16.9 Å². The molecule has 1 aliphatic rings. The number of hydrogen-bond acceptors (Lipinski definition) is 4. The number of phenolic OH excluding ortho intramolecular Hbond substituents is 1. The number of rotatable bonds is 6. The number of phenols is 1. The molecule has 1 fully saturated rings. The van der Waals surface area contributed by atoms with Gasteiger partial charge >= 0.3 is 0 Å². The monoisotopic (exact) mass is 320 g/mol. The van der Waals surface area contributed by atoms with Crippen LogP contribution < -0.4 is 11.5 Å². The first kappa shape index (κ1) is 16.8. The molecule has 0 spiro atoms. The predicted octanol–water partition coefficient (Wildman–Crippen LogP) is 1.44. The van der Waals surface area contributed by atoms with Crippen molar-refractivity contribution in [1.82, 2.24) is 4.90 Å². The van der Waals surface area contributed by atoms with E-state index in [9.17, 15) is 14.3 Å². The van der Waals surface area contributed by atoms with E-state index in [1.165, 1.54) is 17.0 Å². The van der Waals surface area contributed by atoms with Crippen molar-refractivity contribution in [1.29, 1.82) is 5.41 Å². The van der Waals surface area contributed by atoms with E-state index in [1.807, 2.05) is 0 Å². The summed E-state index contributed by atoms with van der Waals surface area (Å²) in [5.74, 6) is -1.15. The number of nitrogens with two attached hydrogens (primary N) is 2. The van der Waals surface area contributed by atoms with Crippen LogP contribution in [-0.2, 0) is 11.3 Å². The molecule has 0 atom stereocenters. The van der Waals surface area contributed by atoms with Crippen LogP contribution in [0.1, 0.15) is 24.8 Å². The smallest absolute Gasteiger partial charge is 0.270 e. The van der Waals surface area contributed by atoms with Crippen LogP contribution in [0.25, 0.3) is 0 Å². The second-order valence-electron chi connectivity index (χ2n) is 5.81. The van der Waals surface area contributed by atoms with Gasteiger partial charge in [0.1, 0.15) is 23.1 Å². The number of hydrogen-bond donors (Lipinski definition) is 4. The molecular formula is C16H21FN4O2. The summed E-state index contributed by atoms with van der Waals surface area (Å²) in [5.41, 5.74) is 11.1. The number of nitrogens with zero attached hydrogens (tertiary/aromatic N) is 1. The lowest BCUT2D eigenvalue weighted by molar-refractivity contribution is -0.128. The molecule has 0 unspecified atom stereocenters. The van der Waals surface area contributed by atoms with E-state index < -0.39 is 11.7 Å². The zero-order valence-electron chi connectivity index (χ0n) is 12.8. The standard InChI is InChI=1S/C16H21FN4O2/c17-13-6-12(22)5-4-11(13)9-21(8-10-2-1-3-10)16(23)14(18)7-15(19)20/h4-7,10,22H,1-3,8-9,18H2,(H3,19,20)/b14-7-. The first-order chi connectivity index (χ1) is 10.9. The van der Waals surface area contributed by atoms with Crippen molar-refractivity contribution < 1.29 is 14.3 Å². The number of amidine groups is 1. The number of benzene rings is 1. The van der Waals surface area contributed by atoms with E-state index in [0.29, 0.717) is 18.0 Å². The van der Waals surface area contributed by atoms with Crippen molar-refractivity contribution in [2.45, 2.75) is 25.8 Å². The van der Waals surface area contributed by atoms with Crippen molar-refractivity contribution in [2.24, 2.45) is 17.4 Å². The van der Waals surface area contributed by atoms with Gasteiger partial charge in [0.15, 0.2) is 0 Å². The van der Waals surface area contributed by atoms with Crippen molar-refractivity contribution in [3.05, 3.63) is 41.4 Å². The lowest BCUT2D eigenvalue weighted by atomic mass is 9.85. The topological polar surface area (TPSA) is 116 Å². The van der Waals surface area contributed by atoms with Gasteiger partial charge in [0.05, 0.1) is 0 Å². The maximum atomic E-state index is 13.9. The molecule has 0 heterocycles. The Morgan fingerprint density at radius 2 is 2.13 bits per heavy atom. The van der Waals surface area contributed by atoms with E-state index in [-0.39, 0.29) is 23.8 Å². The molecule has 6 N–H and O–H groups in total. The summed E-state index contributed by atoms with van der Waals surface area (Å²) in [6.07, 6.45) is 4.26. The molecule has 0 aliphatic heterocycles. The number of halogens is 1. The van der Waals surface area contributed by atoms with Crippen molar-refractivity contribution in [3.8, 4) is 5.75 Å². The quantitative estimate of drug-likeness (QED) is 0.360. The molecule has 0 saturated heterocycles. The largest absolute Gasteiger partial charge is 0.508 e. The molecule has 6 nitrogen and oxygen atoms in total. The lowest BCUT2D eigenvalue weighted by Gasteiger charge is -2.32. The van der Waals surface area contributed by atoms with Gasteiger partial charge in [-0.3, -0.25) is 10.2 Å². The minimum absolute atomic E-state index is 0.0495. The molecule has 23 heavy (non-hydrogen) atoms. The number of carbonyl (C=O) groups excluding carboxylic acids is 1. The molecule has 1 aromatic rings. The zero-order valence-corrected chi connectivity index (χ0v) is 12.8. The molecule has 124 valence electrons. The highest BCUT2D eigenvalue weighted by atomic mass is 19.1. The average Bonchev–Trinajstić information content (AvgIpc) is 2.42. The summed E-state index contributed by atoms with van der Waals surface area (Å²) in [5, 5.41) is 16.5. The lowest BCUT2D eigenvalue weighted by Crippen LogP contribution is -2.39.